The Morgan fingerprint density at radius 3 is 1.12 bits per heavy atom. The predicted molar refractivity (Wildman–Crippen MR) is 43.7 cm³/mol. The van der Waals surface area contributed by atoms with Crippen LogP contribution in [0.15, 0.2) is 12.1 Å². The second-order valence-corrected chi connectivity index (χ2v) is 3.06. The van der Waals surface area contributed by atoms with E-state index in [0.29, 0.717) is 0 Å². The van der Waals surface area contributed by atoms with Gasteiger partial charge >= 0.3 is 0 Å². The van der Waals surface area contributed by atoms with Crippen LogP contribution in [0.2, 0.25) is 0 Å². The van der Waals surface area contributed by atoms with Crippen molar-refractivity contribution in [3.63, 3.8) is 0 Å². The fourth-order valence-corrected chi connectivity index (χ4v) is 1.40. The normalized spacial score (nSPS) is 11.1. The fraction of sp³-hybridized carbons (Fsp3) is 0. The first kappa shape index (κ1) is 10.8. The van der Waals surface area contributed by atoms with Crippen molar-refractivity contribution in [1.29, 1.82) is 0 Å². The Morgan fingerprint density at radius 2 is 0.812 bits per heavy atom. The number of hydrogen-bond donors (Lipinski definition) is 0. The van der Waals surface area contributed by atoms with E-state index in [0.717, 1.165) is 0 Å². The zero-order chi connectivity index (χ0) is 12.0. The summed E-state index contributed by atoms with van der Waals surface area (Å²) < 4.78 is 77.7. The number of rotatable bonds is 0. The summed E-state index contributed by atoms with van der Waals surface area (Å²) in [7, 11) is 0. The molecule has 0 fully saturated rings. The van der Waals surface area contributed by atoms with Crippen LogP contribution in [0.25, 0.3) is 10.8 Å². The molecule has 0 unspecified atom stereocenters. The second-order valence-electron chi connectivity index (χ2n) is 3.06. The molecule has 0 atom stereocenters. The fourth-order valence-electron chi connectivity index (χ4n) is 1.40. The second kappa shape index (κ2) is 3.40. The molecule has 0 aromatic heterocycles. The van der Waals surface area contributed by atoms with Gasteiger partial charge in [0, 0.05) is 12.1 Å². The molecule has 0 heterocycles. The molecular formula is C10H2F6. The summed E-state index contributed by atoms with van der Waals surface area (Å²) in [5.41, 5.74) is 0. The Morgan fingerprint density at radius 1 is 0.500 bits per heavy atom. The van der Waals surface area contributed by atoms with E-state index in [9.17, 15) is 26.3 Å². The third-order valence-electron chi connectivity index (χ3n) is 2.09. The number of fused-ring (bicyclic) bond motifs is 1. The van der Waals surface area contributed by atoms with Crippen molar-refractivity contribution in [1.82, 2.24) is 0 Å². The minimum absolute atomic E-state index is 0.0274. The van der Waals surface area contributed by atoms with Gasteiger partial charge in [-0.05, 0) is 0 Å². The van der Waals surface area contributed by atoms with E-state index in [-0.39, 0.29) is 12.1 Å². The van der Waals surface area contributed by atoms with Crippen LogP contribution in [0.5, 0.6) is 0 Å². The van der Waals surface area contributed by atoms with Gasteiger partial charge in [-0.3, -0.25) is 0 Å². The topological polar surface area (TPSA) is 0 Å². The van der Waals surface area contributed by atoms with Gasteiger partial charge in [-0.25, -0.2) is 26.3 Å². The summed E-state index contributed by atoms with van der Waals surface area (Å²) >= 11 is 0. The summed E-state index contributed by atoms with van der Waals surface area (Å²) in [5.74, 6) is -9.99. The molecule has 0 radical (unpaired) electrons. The largest absolute Gasteiger partial charge is 0.206 e. The molecule has 0 saturated heterocycles. The van der Waals surface area contributed by atoms with Crippen molar-refractivity contribution in [2.24, 2.45) is 0 Å². The molecule has 0 aliphatic rings. The summed E-state index contributed by atoms with van der Waals surface area (Å²) in [5, 5.41) is -2.48. The lowest BCUT2D eigenvalue weighted by molar-refractivity contribution is 0.481. The molecule has 0 nitrogen and oxygen atoms in total. The van der Waals surface area contributed by atoms with Crippen LogP contribution in [0.3, 0.4) is 0 Å². The van der Waals surface area contributed by atoms with E-state index in [1.165, 1.54) is 0 Å². The Bertz CT molecular complexity index is 537. The standard InChI is InChI=1S/C10H2F6/c11-3-1-5(13)9(15)8-4(12)2-6(14)10(16)7(3)8/h1-2H. The van der Waals surface area contributed by atoms with E-state index in [4.69, 9.17) is 0 Å². The van der Waals surface area contributed by atoms with Crippen molar-refractivity contribution in [3.05, 3.63) is 47.0 Å². The van der Waals surface area contributed by atoms with Crippen LogP contribution in [-0.2, 0) is 0 Å². The maximum absolute atomic E-state index is 13.1. The molecule has 6 heteroatoms. The van der Waals surface area contributed by atoms with Gasteiger partial charge in [0.05, 0.1) is 10.8 Å². The van der Waals surface area contributed by atoms with Crippen LogP contribution >= 0.6 is 0 Å². The zero-order valence-corrected chi connectivity index (χ0v) is 7.42. The first-order valence-corrected chi connectivity index (χ1v) is 4.04. The molecule has 0 aliphatic carbocycles. The molecule has 84 valence electrons. The van der Waals surface area contributed by atoms with E-state index in [2.05, 4.69) is 0 Å². The third-order valence-corrected chi connectivity index (χ3v) is 2.09. The number of hydrogen-bond acceptors (Lipinski definition) is 0. The molecule has 0 spiro atoms. The molecular weight excluding hydrogens is 234 g/mol. The smallest absolute Gasteiger partial charge is 0.169 e. The number of halogens is 6. The Labute approximate surface area is 85.1 Å². The van der Waals surface area contributed by atoms with Gasteiger partial charge in [-0.15, -0.1) is 0 Å². The summed E-state index contributed by atoms with van der Waals surface area (Å²) in [6.45, 7) is 0. The minimum Gasteiger partial charge on any atom is -0.206 e. The lowest BCUT2D eigenvalue weighted by atomic mass is 10.1. The average molecular weight is 236 g/mol. The first-order chi connectivity index (χ1) is 7.43. The lowest BCUT2D eigenvalue weighted by Gasteiger charge is -2.05. The summed E-state index contributed by atoms with van der Waals surface area (Å²) in [4.78, 5) is 0. The van der Waals surface area contributed by atoms with Crippen LogP contribution in [0.4, 0.5) is 26.3 Å². The highest BCUT2D eigenvalue weighted by atomic mass is 19.2. The van der Waals surface area contributed by atoms with Gasteiger partial charge in [-0.2, -0.15) is 0 Å². The van der Waals surface area contributed by atoms with Gasteiger partial charge in [0.2, 0.25) is 0 Å². The highest BCUT2D eigenvalue weighted by Gasteiger charge is 2.22. The summed E-state index contributed by atoms with van der Waals surface area (Å²) in [6, 6.07) is 0.0548. The first-order valence-electron chi connectivity index (χ1n) is 4.04. The van der Waals surface area contributed by atoms with Crippen molar-refractivity contribution in [2.75, 3.05) is 0 Å². The van der Waals surface area contributed by atoms with E-state index >= 15 is 0 Å². The summed E-state index contributed by atoms with van der Waals surface area (Å²) in [6.07, 6.45) is 0. The molecule has 0 N–H and O–H groups in total. The van der Waals surface area contributed by atoms with Gasteiger partial charge in [-0.1, -0.05) is 0 Å². The van der Waals surface area contributed by atoms with E-state index < -0.39 is 45.7 Å². The van der Waals surface area contributed by atoms with E-state index in [1.807, 2.05) is 0 Å². The minimum atomic E-state index is -1.76. The maximum atomic E-state index is 13.1. The average Bonchev–Trinajstić information content (AvgIpc) is 2.20. The maximum Gasteiger partial charge on any atom is 0.169 e. The van der Waals surface area contributed by atoms with Crippen molar-refractivity contribution in [2.45, 2.75) is 0 Å². The van der Waals surface area contributed by atoms with Gasteiger partial charge < -0.3 is 0 Å². The zero-order valence-electron chi connectivity index (χ0n) is 7.42. The highest BCUT2D eigenvalue weighted by Crippen LogP contribution is 2.29. The Hall–Kier alpha value is -1.72. The predicted octanol–water partition coefficient (Wildman–Crippen LogP) is 3.67. The highest BCUT2D eigenvalue weighted by molar-refractivity contribution is 5.85. The van der Waals surface area contributed by atoms with Gasteiger partial charge in [0.1, 0.15) is 11.6 Å². The Balaban J connectivity index is 3.11. The molecule has 2 rings (SSSR count). The van der Waals surface area contributed by atoms with Crippen molar-refractivity contribution in [3.8, 4) is 0 Å². The molecule has 0 bridgehead atoms. The van der Waals surface area contributed by atoms with E-state index in [1.54, 1.807) is 0 Å². The van der Waals surface area contributed by atoms with Crippen LogP contribution in [0.1, 0.15) is 0 Å². The van der Waals surface area contributed by atoms with Crippen molar-refractivity contribution >= 4 is 10.8 Å². The van der Waals surface area contributed by atoms with Crippen LogP contribution < -0.4 is 0 Å². The SMILES string of the molecule is Fc1cc(F)c2c(F)c(F)cc(F)c2c1F. The van der Waals surface area contributed by atoms with Gasteiger partial charge in [0.15, 0.2) is 23.3 Å². The lowest BCUT2D eigenvalue weighted by Crippen LogP contribution is -1.99. The molecule has 2 aromatic carbocycles. The molecule has 0 saturated carbocycles. The molecule has 0 aliphatic heterocycles. The Kier molecular flexibility index (Phi) is 2.29. The van der Waals surface area contributed by atoms with Crippen LogP contribution in [-0.4, -0.2) is 0 Å². The quantitative estimate of drug-likeness (QED) is 0.483. The molecule has 0 amide bonds. The van der Waals surface area contributed by atoms with Crippen molar-refractivity contribution < 1.29 is 26.3 Å². The molecule has 16 heavy (non-hydrogen) atoms. The number of benzene rings is 2. The third kappa shape index (κ3) is 1.33. The molecule has 2 aromatic rings. The monoisotopic (exact) mass is 236 g/mol. The van der Waals surface area contributed by atoms with Gasteiger partial charge in [0.25, 0.3) is 0 Å². The van der Waals surface area contributed by atoms with Crippen LogP contribution in [0, 0.1) is 34.9 Å².